The number of benzene rings is 1. The second-order valence-electron chi connectivity index (χ2n) is 6.71. The van der Waals surface area contributed by atoms with Gasteiger partial charge in [0.05, 0.1) is 19.5 Å². The topological polar surface area (TPSA) is 88.0 Å². The fraction of sp³-hybridized carbons (Fsp3) is 0.444. The van der Waals surface area contributed by atoms with Gasteiger partial charge in [-0.2, -0.15) is 22.1 Å². The summed E-state index contributed by atoms with van der Waals surface area (Å²) in [6, 6.07) is 10.7. The molecule has 1 fully saturated rings. The maximum atomic E-state index is 12.3. The first-order chi connectivity index (χ1) is 13.3. The highest BCUT2D eigenvalue weighted by molar-refractivity contribution is 7.86. The van der Waals surface area contributed by atoms with E-state index < -0.39 is 10.2 Å². The molecular formula is C18H25N5O4S. The molecular weight excluding hydrogens is 382 g/mol. The molecule has 0 aliphatic carbocycles. The molecule has 1 aliphatic heterocycles. The average molecular weight is 407 g/mol. The standard InChI is InChI=1S/C18H25N5O4S/c1-20(2)28(25,26)22-12-10-21(11-13-22)14-23-18(24)9-8-16(19-23)15-6-4-5-7-17(15)27-3/h4-9H,10-14H2,1-3H3. The predicted molar refractivity (Wildman–Crippen MR) is 106 cm³/mol. The lowest BCUT2D eigenvalue weighted by molar-refractivity contribution is 0.140. The van der Waals surface area contributed by atoms with Crippen LogP contribution in [0.15, 0.2) is 41.2 Å². The van der Waals surface area contributed by atoms with Crippen molar-refractivity contribution in [2.45, 2.75) is 6.67 Å². The van der Waals surface area contributed by atoms with Gasteiger partial charge in [-0.05, 0) is 18.2 Å². The van der Waals surface area contributed by atoms with Crippen molar-refractivity contribution in [2.75, 3.05) is 47.4 Å². The van der Waals surface area contributed by atoms with Gasteiger partial charge in [-0.3, -0.25) is 9.69 Å². The molecule has 1 saturated heterocycles. The molecule has 0 saturated carbocycles. The molecule has 0 N–H and O–H groups in total. The molecule has 152 valence electrons. The Hall–Kier alpha value is -2.27. The minimum atomic E-state index is -3.41. The van der Waals surface area contributed by atoms with E-state index in [0.717, 1.165) is 5.56 Å². The number of hydrogen-bond donors (Lipinski definition) is 0. The van der Waals surface area contributed by atoms with Crippen LogP contribution < -0.4 is 10.3 Å². The molecule has 3 rings (SSSR count). The van der Waals surface area contributed by atoms with Crippen LogP contribution in [0.4, 0.5) is 0 Å². The first-order valence-corrected chi connectivity index (χ1v) is 10.3. The van der Waals surface area contributed by atoms with Gasteiger partial charge in [-0.25, -0.2) is 4.68 Å². The number of para-hydroxylation sites is 1. The van der Waals surface area contributed by atoms with E-state index in [0.29, 0.717) is 44.3 Å². The smallest absolute Gasteiger partial charge is 0.281 e. The lowest BCUT2D eigenvalue weighted by Crippen LogP contribution is -2.52. The van der Waals surface area contributed by atoms with Crippen molar-refractivity contribution >= 4 is 10.2 Å². The Morgan fingerprint density at radius 1 is 1.07 bits per heavy atom. The quantitative estimate of drug-likeness (QED) is 0.685. The van der Waals surface area contributed by atoms with Gasteiger partial charge in [0.1, 0.15) is 5.75 Å². The zero-order valence-electron chi connectivity index (χ0n) is 16.3. The van der Waals surface area contributed by atoms with Gasteiger partial charge in [-0.15, -0.1) is 0 Å². The van der Waals surface area contributed by atoms with Crippen LogP contribution in [-0.2, 0) is 16.9 Å². The van der Waals surface area contributed by atoms with Gasteiger partial charge >= 0.3 is 0 Å². The molecule has 0 amide bonds. The molecule has 0 unspecified atom stereocenters. The molecule has 1 aromatic carbocycles. The zero-order valence-corrected chi connectivity index (χ0v) is 17.1. The van der Waals surface area contributed by atoms with E-state index in [4.69, 9.17) is 4.74 Å². The van der Waals surface area contributed by atoms with Crippen molar-refractivity contribution in [3.8, 4) is 17.0 Å². The lowest BCUT2D eigenvalue weighted by Gasteiger charge is -2.34. The molecule has 0 spiro atoms. The second kappa shape index (κ2) is 8.39. The summed E-state index contributed by atoms with van der Waals surface area (Å²) in [6.45, 7) is 2.11. The van der Waals surface area contributed by atoms with Crippen LogP contribution >= 0.6 is 0 Å². The largest absolute Gasteiger partial charge is 0.496 e. The number of aromatic nitrogens is 2. The van der Waals surface area contributed by atoms with Gasteiger partial charge < -0.3 is 4.74 Å². The molecule has 0 radical (unpaired) electrons. The summed E-state index contributed by atoms with van der Waals surface area (Å²) in [6.07, 6.45) is 0. The Bertz CT molecular complexity index is 981. The van der Waals surface area contributed by atoms with Crippen molar-refractivity contribution in [1.82, 2.24) is 23.3 Å². The molecule has 0 atom stereocenters. The average Bonchev–Trinajstić information content (AvgIpc) is 2.70. The maximum absolute atomic E-state index is 12.3. The number of methoxy groups -OCH3 is 1. The first kappa shape index (κ1) is 20.5. The van der Waals surface area contributed by atoms with Crippen LogP contribution in [-0.4, -0.2) is 79.1 Å². The molecule has 9 nitrogen and oxygen atoms in total. The van der Waals surface area contributed by atoms with E-state index in [1.165, 1.54) is 33.5 Å². The van der Waals surface area contributed by atoms with Crippen molar-refractivity contribution in [3.63, 3.8) is 0 Å². The van der Waals surface area contributed by atoms with Crippen LogP contribution in [0.5, 0.6) is 5.75 Å². The summed E-state index contributed by atoms with van der Waals surface area (Å²) in [7, 11) is 1.23. The Morgan fingerprint density at radius 2 is 1.75 bits per heavy atom. The number of rotatable bonds is 6. The van der Waals surface area contributed by atoms with E-state index in [1.807, 2.05) is 29.2 Å². The Morgan fingerprint density at radius 3 is 2.39 bits per heavy atom. The predicted octanol–water partition coefficient (Wildman–Crippen LogP) is 0.300. The van der Waals surface area contributed by atoms with Gasteiger partial charge in [-0.1, -0.05) is 12.1 Å². The van der Waals surface area contributed by atoms with Crippen LogP contribution in [0, 0.1) is 0 Å². The summed E-state index contributed by atoms with van der Waals surface area (Å²) in [5.41, 5.74) is 1.24. The van der Waals surface area contributed by atoms with Crippen LogP contribution in [0.1, 0.15) is 0 Å². The SMILES string of the molecule is COc1ccccc1-c1ccc(=O)n(CN2CCN(S(=O)(=O)N(C)C)CC2)n1. The number of hydrogen-bond acceptors (Lipinski definition) is 6. The summed E-state index contributed by atoms with van der Waals surface area (Å²) < 4.78 is 33.9. The fourth-order valence-corrected chi connectivity index (χ4v) is 4.16. The number of piperazine rings is 1. The monoisotopic (exact) mass is 407 g/mol. The molecule has 10 heteroatoms. The minimum absolute atomic E-state index is 0.206. The van der Waals surface area contributed by atoms with E-state index in [1.54, 1.807) is 13.2 Å². The van der Waals surface area contributed by atoms with E-state index in [9.17, 15) is 13.2 Å². The molecule has 2 heterocycles. The van der Waals surface area contributed by atoms with E-state index in [-0.39, 0.29) is 5.56 Å². The molecule has 0 bridgehead atoms. The van der Waals surface area contributed by atoms with Gasteiger partial charge in [0.15, 0.2) is 0 Å². The van der Waals surface area contributed by atoms with Crippen molar-refractivity contribution < 1.29 is 13.2 Å². The normalized spacial score (nSPS) is 16.4. The molecule has 1 aromatic heterocycles. The van der Waals surface area contributed by atoms with Crippen molar-refractivity contribution in [1.29, 1.82) is 0 Å². The maximum Gasteiger partial charge on any atom is 0.281 e. The summed E-state index contributed by atoms with van der Waals surface area (Å²) in [5, 5.41) is 4.48. The van der Waals surface area contributed by atoms with Crippen LogP contribution in [0.3, 0.4) is 0 Å². The van der Waals surface area contributed by atoms with Gasteiger partial charge in [0.25, 0.3) is 15.8 Å². The second-order valence-corrected chi connectivity index (χ2v) is 8.85. The molecule has 28 heavy (non-hydrogen) atoms. The zero-order chi connectivity index (χ0) is 20.3. The minimum Gasteiger partial charge on any atom is -0.496 e. The van der Waals surface area contributed by atoms with Gasteiger partial charge in [0, 0.05) is 51.9 Å². The third kappa shape index (κ3) is 4.25. The van der Waals surface area contributed by atoms with Crippen LogP contribution in [0.25, 0.3) is 11.3 Å². The van der Waals surface area contributed by atoms with Crippen molar-refractivity contribution in [3.05, 3.63) is 46.8 Å². The number of ether oxygens (including phenoxy) is 1. The molecule has 2 aromatic rings. The van der Waals surface area contributed by atoms with Gasteiger partial charge in [0.2, 0.25) is 0 Å². The van der Waals surface area contributed by atoms with E-state index >= 15 is 0 Å². The summed E-state index contributed by atoms with van der Waals surface area (Å²) >= 11 is 0. The first-order valence-electron chi connectivity index (χ1n) is 8.94. The highest BCUT2D eigenvalue weighted by atomic mass is 32.2. The van der Waals surface area contributed by atoms with E-state index in [2.05, 4.69) is 5.10 Å². The Kier molecular flexibility index (Phi) is 6.14. The third-order valence-corrected chi connectivity index (χ3v) is 6.64. The molecule has 1 aliphatic rings. The Labute approximate surface area is 164 Å². The Balaban J connectivity index is 1.75. The number of nitrogens with zero attached hydrogens (tertiary/aromatic N) is 5. The highest BCUT2D eigenvalue weighted by Crippen LogP contribution is 2.27. The third-order valence-electron chi connectivity index (χ3n) is 4.70. The van der Waals surface area contributed by atoms with Crippen LogP contribution in [0.2, 0.25) is 0 Å². The lowest BCUT2D eigenvalue weighted by atomic mass is 10.1. The summed E-state index contributed by atoms with van der Waals surface area (Å²) in [4.78, 5) is 14.3. The van der Waals surface area contributed by atoms with Crippen molar-refractivity contribution in [2.24, 2.45) is 0 Å². The highest BCUT2D eigenvalue weighted by Gasteiger charge is 2.28. The summed E-state index contributed by atoms with van der Waals surface area (Å²) in [5.74, 6) is 0.683. The fourth-order valence-electron chi connectivity index (χ4n) is 3.07.